The van der Waals surface area contributed by atoms with Crippen molar-refractivity contribution in [2.24, 2.45) is 5.41 Å². The Kier molecular flexibility index (Phi) is 10.5. The van der Waals surface area contributed by atoms with E-state index in [9.17, 15) is 19.2 Å². The van der Waals surface area contributed by atoms with Crippen molar-refractivity contribution < 1.29 is 38.1 Å². The molecule has 0 radical (unpaired) electrons. The van der Waals surface area contributed by atoms with Crippen molar-refractivity contribution in [3.05, 3.63) is 35.9 Å². The third-order valence-electron chi connectivity index (χ3n) is 5.70. The number of esters is 2. The number of nitrogens with zero attached hydrogens (tertiary/aromatic N) is 1. The van der Waals surface area contributed by atoms with Gasteiger partial charge < -0.3 is 29.2 Å². The largest absolute Gasteiger partial charge is 0.459 e. The molecule has 10 nitrogen and oxygen atoms in total. The number of alkyl carbamates (subject to hydrolysis) is 1. The van der Waals surface area contributed by atoms with Crippen LogP contribution in [0.2, 0.25) is 0 Å². The van der Waals surface area contributed by atoms with Crippen LogP contribution in [-0.4, -0.2) is 71.4 Å². The topological polar surface area (TPSA) is 120 Å². The molecule has 2 amide bonds. The average Bonchev–Trinajstić information content (AvgIpc) is 3.21. The predicted octanol–water partition coefficient (Wildman–Crippen LogP) is 4.00. The van der Waals surface area contributed by atoms with Crippen molar-refractivity contribution in [1.82, 2.24) is 10.2 Å². The van der Waals surface area contributed by atoms with Crippen molar-refractivity contribution in [2.45, 2.75) is 105 Å². The van der Waals surface area contributed by atoms with E-state index in [1.807, 2.05) is 51.1 Å². The number of nitrogens with one attached hydrogen (secondary N) is 1. The maximum absolute atomic E-state index is 13.9. The summed E-state index contributed by atoms with van der Waals surface area (Å²) >= 11 is 0. The highest BCUT2D eigenvalue weighted by atomic mass is 16.6. The molecule has 1 N–H and O–H groups in total. The van der Waals surface area contributed by atoms with Gasteiger partial charge in [0.25, 0.3) is 0 Å². The van der Waals surface area contributed by atoms with E-state index >= 15 is 0 Å². The minimum atomic E-state index is -1.12. The third kappa shape index (κ3) is 10.5. The Morgan fingerprint density at radius 3 is 2.05 bits per heavy atom. The Morgan fingerprint density at radius 2 is 1.51 bits per heavy atom. The molecule has 1 heterocycles. The summed E-state index contributed by atoms with van der Waals surface area (Å²) in [5.41, 5.74) is -1.37. The molecule has 39 heavy (non-hydrogen) atoms. The molecule has 0 bridgehead atoms. The Balaban J connectivity index is 2.27. The maximum atomic E-state index is 13.9. The fourth-order valence-electron chi connectivity index (χ4n) is 4.06. The molecule has 1 fully saturated rings. The number of likely N-dealkylation sites (tertiary alicyclic amines) is 1. The van der Waals surface area contributed by atoms with Gasteiger partial charge in [-0.25, -0.2) is 14.4 Å². The SMILES string of the molecule is CC(C)(C)OC(=O)CO[C@@H]1CCN(C(=O)[C@@H](NC(=O)OC(C)(C)C)C(C)(C)C)[C@@H]1C(=O)OCc1ccccc1. The van der Waals surface area contributed by atoms with Crippen LogP contribution in [0.5, 0.6) is 0 Å². The first-order valence-electron chi connectivity index (χ1n) is 13.2. The minimum Gasteiger partial charge on any atom is -0.459 e. The smallest absolute Gasteiger partial charge is 0.408 e. The molecule has 1 saturated heterocycles. The molecule has 0 unspecified atom stereocenters. The van der Waals surface area contributed by atoms with Gasteiger partial charge in [0.1, 0.15) is 30.5 Å². The van der Waals surface area contributed by atoms with Crippen LogP contribution in [-0.2, 0) is 39.9 Å². The van der Waals surface area contributed by atoms with Crippen molar-refractivity contribution in [3.63, 3.8) is 0 Å². The first-order valence-corrected chi connectivity index (χ1v) is 13.2. The second-order valence-corrected chi connectivity index (χ2v) is 12.7. The lowest BCUT2D eigenvalue weighted by Crippen LogP contribution is -2.58. The molecule has 1 aromatic rings. The molecular weight excluding hydrogens is 504 g/mol. The van der Waals surface area contributed by atoms with Crippen LogP contribution in [0.25, 0.3) is 0 Å². The Labute approximate surface area is 231 Å². The molecule has 0 aliphatic carbocycles. The van der Waals surface area contributed by atoms with Crippen LogP contribution in [0, 0.1) is 5.41 Å². The van der Waals surface area contributed by atoms with Crippen molar-refractivity contribution in [1.29, 1.82) is 0 Å². The molecule has 0 aromatic heterocycles. The summed E-state index contributed by atoms with van der Waals surface area (Å²) in [5, 5.41) is 2.68. The monoisotopic (exact) mass is 548 g/mol. The van der Waals surface area contributed by atoms with Gasteiger partial charge in [-0.3, -0.25) is 4.79 Å². The zero-order chi connectivity index (χ0) is 29.6. The van der Waals surface area contributed by atoms with E-state index in [0.717, 1.165) is 5.56 Å². The van der Waals surface area contributed by atoms with Crippen LogP contribution >= 0.6 is 0 Å². The van der Waals surface area contributed by atoms with Gasteiger partial charge in [0, 0.05) is 6.54 Å². The van der Waals surface area contributed by atoms with E-state index < -0.39 is 58.7 Å². The highest BCUT2D eigenvalue weighted by Crippen LogP contribution is 2.29. The van der Waals surface area contributed by atoms with E-state index in [0.29, 0.717) is 6.42 Å². The molecule has 10 heteroatoms. The van der Waals surface area contributed by atoms with E-state index in [1.54, 1.807) is 41.5 Å². The first kappa shape index (κ1) is 32.1. The lowest BCUT2D eigenvalue weighted by molar-refractivity contribution is -0.168. The van der Waals surface area contributed by atoms with Crippen molar-refractivity contribution >= 4 is 23.9 Å². The van der Waals surface area contributed by atoms with Crippen LogP contribution < -0.4 is 5.32 Å². The van der Waals surface area contributed by atoms with Gasteiger partial charge in [-0.15, -0.1) is 0 Å². The molecule has 218 valence electrons. The molecule has 2 rings (SSSR count). The lowest BCUT2D eigenvalue weighted by Gasteiger charge is -2.36. The number of carbonyl (C=O) groups is 4. The highest BCUT2D eigenvalue weighted by molar-refractivity contribution is 5.91. The Morgan fingerprint density at radius 1 is 0.923 bits per heavy atom. The fourth-order valence-corrected chi connectivity index (χ4v) is 4.06. The summed E-state index contributed by atoms with van der Waals surface area (Å²) in [6, 6.07) is 7.04. The standard InChI is InChI=1S/C29H44N2O8/c1-27(2,3)23(30-26(35)39-29(7,8)9)24(33)31-16-15-20(36-18-21(32)38-28(4,5)6)22(31)25(34)37-17-19-13-11-10-12-14-19/h10-14,20,22-23H,15-18H2,1-9H3,(H,30,35)/t20-,22+,23-/m1/s1. The number of carbonyl (C=O) groups excluding carboxylic acids is 4. The number of amides is 2. The van der Waals surface area contributed by atoms with Gasteiger partial charge in [-0.05, 0) is 58.9 Å². The lowest BCUT2D eigenvalue weighted by atomic mass is 9.85. The highest BCUT2D eigenvalue weighted by Gasteiger charge is 2.48. The zero-order valence-electron chi connectivity index (χ0n) is 24.7. The summed E-state index contributed by atoms with van der Waals surface area (Å²) < 4.78 is 22.1. The van der Waals surface area contributed by atoms with E-state index in [4.69, 9.17) is 18.9 Å². The van der Waals surface area contributed by atoms with E-state index in [2.05, 4.69) is 5.32 Å². The first-order chi connectivity index (χ1) is 17.9. The number of hydrogen-bond acceptors (Lipinski definition) is 8. The van der Waals surface area contributed by atoms with Gasteiger partial charge in [-0.1, -0.05) is 51.1 Å². The molecule has 1 aliphatic rings. The van der Waals surface area contributed by atoms with Gasteiger partial charge in [0.15, 0.2) is 6.04 Å². The predicted molar refractivity (Wildman–Crippen MR) is 145 cm³/mol. The summed E-state index contributed by atoms with van der Waals surface area (Å²) in [6.07, 6.45) is -1.24. The summed E-state index contributed by atoms with van der Waals surface area (Å²) in [5.74, 6) is -1.72. The van der Waals surface area contributed by atoms with Crippen molar-refractivity contribution in [3.8, 4) is 0 Å². The summed E-state index contributed by atoms with van der Waals surface area (Å²) in [4.78, 5) is 53.5. The minimum absolute atomic E-state index is 0.00977. The van der Waals surface area contributed by atoms with Gasteiger partial charge in [-0.2, -0.15) is 0 Å². The fraction of sp³-hybridized carbons (Fsp3) is 0.655. The second-order valence-electron chi connectivity index (χ2n) is 12.7. The Bertz CT molecular complexity index is 1000. The van der Waals surface area contributed by atoms with E-state index in [1.165, 1.54) is 4.90 Å². The van der Waals surface area contributed by atoms with Gasteiger partial charge >= 0.3 is 18.0 Å². The number of ether oxygens (including phenoxy) is 4. The van der Waals surface area contributed by atoms with Crippen LogP contribution in [0.15, 0.2) is 30.3 Å². The summed E-state index contributed by atoms with van der Waals surface area (Å²) in [7, 11) is 0. The van der Waals surface area contributed by atoms with Gasteiger partial charge in [0.05, 0.1) is 6.10 Å². The average molecular weight is 549 g/mol. The number of hydrogen-bond donors (Lipinski definition) is 1. The second kappa shape index (κ2) is 12.8. The van der Waals surface area contributed by atoms with Gasteiger partial charge in [0.2, 0.25) is 5.91 Å². The molecule has 1 aliphatic heterocycles. The molecule has 3 atom stereocenters. The van der Waals surface area contributed by atoms with Crippen LogP contribution in [0.4, 0.5) is 4.79 Å². The number of benzene rings is 1. The maximum Gasteiger partial charge on any atom is 0.408 e. The Hall–Kier alpha value is -3.14. The summed E-state index contributed by atoms with van der Waals surface area (Å²) in [6.45, 7) is 15.6. The molecular formula is C29H44N2O8. The third-order valence-corrected chi connectivity index (χ3v) is 5.70. The molecule has 0 spiro atoms. The van der Waals surface area contributed by atoms with Crippen LogP contribution in [0.1, 0.15) is 74.3 Å². The normalized spacial score (nSPS) is 18.7. The molecule has 0 saturated carbocycles. The molecule has 1 aromatic carbocycles. The van der Waals surface area contributed by atoms with E-state index in [-0.39, 0.29) is 19.8 Å². The quantitative estimate of drug-likeness (QED) is 0.382. The van der Waals surface area contributed by atoms with Crippen molar-refractivity contribution in [2.75, 3.05) is 13.2 Å². The number of rotatable bonds is 8. The van der Waals surface area contributed by atoms with Crippen LogP contribution in [0.3, 0.4) is 0 Å². The zero-order valence-corrected chi connectivity index (χ0v) is 24.7.